The second-order valence-electron chi connectivity index (χ2n) is 7.79. The third-order valence-electron chi connectivity index (χ3n) is 5.18. The average molecular weight is 499 g/mol. The number of carbonyl (C=O) groups excluding carboxylic acids is 2. The van der Waals surface area contributed by atoms with Gasteiger partial charge in [0.05, 0.1) is 36.4 Å². The van der Waals surface area contributed by atoms with Crippen molar-refractivity contribution in [1.29, 1.82) is 0 Å². The fraction of sp³-hybridized carbons (Fsp3) is 0.208. The van der Waals surface area contributed by atoms with Crippen molar-refractivity contribution >= 4 is 34.5 Å². The maximum Gasteiger partial charge on any atom is 0.414 e. The maximum absolute atomic E-state index is 14.9. The molecule has 0 radical (unpaired) electrons. The van der Waals surface area contributed by atoms with Gasteiger partial charge < -0.3 is 10.1 Å². The molecule has 1 aliphatic heterocycles. The number of hydrogen-bond donors (Lipinski definition) is 2. The summed E-state index contributed by atoms with van der Waals surface area (Å²) in [6.45, 7) is 1.78. The van der Waals surface area contributed by atoms with Crippen LogP contribution in [0.4, 0.5) is 20.6 Å². The summed E-state index contributed by atoms with van der Waals surface area (Å²) in [5.74, 6) is -0.576. The van der Waals surface area contributed by atoms with Crippen LogP contribution in [-0.2, 0) is 30.6 Å². The van der Waals surface area contributed by atoms with E-state index >= 15 is 0 Å². The molecule has 2 atom stereocenters. The molecular formula is C24H23FN4O5S. The number of nitrogens with zero attached hydrogens (tertiary/aromatic N) is 2. The monoisotopic (exact) mass is 498 g/mol. The normalized spacial score (nSPS) is 16.0. The van der Waals surface area contributed by atoms with Crippen molar-refractivity contribution in [2.24, 2.45) is 0 Å². The Balaban J connectivity index is 1.36. The van der Waals surface area contributed by atoms with Crippen LogP contribution in [0.5, 0.6) is 0 Å². The fourth-order valence-electron chi connectivity index (χ4n) is 3.47. The topological polar surface area (TPSA) is 110 Å². The van der Waals surface area contributed by atoms with Gasteiger partial charge in [-0.05, 0) is 41.5 Å². The first kappa shape index (κ1) is 24.3. The van der Waals surface area contributed by atoms with E-state index < -0.39 is 29.1 Å². The number of halogens is 1. The van der Waals surface area contributed by atoms with Crippen LogP contribution in [-0.4, -0.2) is 40.4 Å². The summed E-state index contributed by atoms with van der Waals surface area (Å²) in [6, 6.07) is 14.9. The number of anilines is 2. The van der Waals surface area contributed by atoms with Gasteiger partial charge in [-0.2, -0.15) is 4.28 Å². The molecule has 2 aromatic carbocycles. The van der Waals surface area contributed by atoms with Gasteiger partial charge in [-0.15, -0.1) is 0 Å². The molecule has 0 aliphatic carbocycles. The maximum atomic E-state index is 14.9. The molecule has 4 rings (SSSR count). The summed E-state index contributed by atoms with van der Waals surface area (Å²) in [7, 11) is 0. The van der Waals surface area contributed by atoms with E-state index in [0.29, 0.717) is 22.5 Å². The molecule has 0 spiro atoms. The van der Waals surface area contributed by atoms with Crippen molar-refractivity contribution in [3.63, 3.8) is 0 Å². The molecule has 1 aromatic heterocycles. The minimum atomic E-state index is -1.63. The van der Waals surface area contributed by atoms with Crippen molar-refractivity contribution in [3.05, 3.63) is 78.4 Å². The van der Waals surface area contributed by atoms with E-state index in [1.807, 2.05) is 0 Å². The minimum Gasteiger partial charge on any atom is -0.442 e. The lowest BCUT2D eigenvalue weighted by atomic mass is 10.0. The van der Waals surface area contributed by atoms with Gasteiger partial charge in [-0.3, -0.25) is 14.7 Å². The lowest BCUT2D eigenvalue weighted by Crippen LogP contribution is -2.33. The molecule has 3 aromatic rings. The Bertz CT molecular complexity index is 1230. The van der Waals surface area contributed by atoms with Crippen LogP contribution >= 0.6 is 0 Å². The highest BCUT2D eigenvalue weighted by Crippen LogP contribution is 2.29. The van der Waals surface area contributed by atoms with Gasteiger partial charge in [0.2, 0.25) is 5.91 Å². The van der Waals surface area contributed by atoms with Crippen LogP contribution in [0, 0.1) is 5.82 Å². The SMILES string of the molecule is CC(=O)NC[C@H]1CN(c2ccc(-c3ccc(CS(=O)ONc4cccnc4)cc3)c(F)c2)C(=O)O1. The quantitative estimate of drug-likeness (QED) is 0.434. The third-order valence-corrected chi connectivity index (χ3v) is 6.02. The van der Waals surface area contributed by atoms with E-state index in [1.54, 1.807) is 60.9 Å². The number of rotatable bonds is 9. The van der Waals surface area contributed by atoms with E-state index in [-0.39, 0.29) is 24.7 Å². The van der Waals surface area contributed by atoms with E-state index in [1.165, 1.54) is 17.9 Å². The van der Waals surface area contributed by atoms with Gasteiger partial charge in [0, 0.05) is 18.7 Å². The zero-order chi connectivity index (χ0) is 24.8. The Morgan fingerprint density at radius 3 is 2.74 bits per heavy atom. The predicted octanol–water partition coefficient (Wildman–Crippen LogP) is 3.56. The minimum absolute atomic E-state index is 0.145. The Hall–Kier alpha value is -3.83. The largest absolute Gasteiger partial charge is 0.442 e. The number of pyridine rings is 1. The van der Waals surface area contributed by atoms with Crippen LogP contribution in [0.3, 0.4) is 0 Å². The summed E-state index contributed by atoms with van der Waals surface area (Å²) >= 11 is -1.63. The van der Waals surface area contributed by atoms with Gasteiger partial charge in [-0.25, -0.2) is 18.9 Å². The first-order valence-electron chi connectivity index (χ1n) is 10.7. The molecule has 2 amide bonds. The van der Waals surface area contributed by atoms with Crippen LogP contribution in [0.15, 0.2) is 67.0 Å². The van der Waals surface area contributed by atoms with Crippen molar-refractivity contribution in [2.75, 3.05) is 23.5 Å². The summed E-state index contributed by atoms with van der Waals surface area (Å²) in [4.78, 5) is 28.5. The Morgan fingerprint density at radius 1 is 1.26 bits per heavy atom. The molecule has 1 saturated heterocycles. The zero-order valence-corrected chi connectivity index (χ0v) is 19.6. The van der Waals surface area contributed by atoms with Crippen LogP contribution < -0.4 is 15.7 Å². The van der Waals surface area contributed by atoms with Crippen molar-refractivity contribution in [2.45, 2.75) is 18.8 Å². The highest BCUT2D eigenvalue weighted by molar-refractivity contribution is 7.79. The lowest BCUT2D eigenvalue weighted by Gasteiger charge is -2.14. The van der Waals surface area contributed by atoms with Crippen LogP contribution in [0.2, 0.25) is 0 Å². The molecule has 1 unspecified atom stereocenters. The second kappa shape index (κ2) is 11.1. The van der Waals surface area contributed by atoms with Crippen LogP contribution in [0.1, 0.15) is 12.5 Å². The van der Waals surface area contributed by atoms with Gasteiger partial charge in [0.1, 0.15) is 11.9 Å². The Labute approximate surface area is 203 Å². The number of ether oxygens (including phenoxy) is 1. The van der Waals surface area contributed by atoms with Gasteiger partial charge >= 0.3 is 6.09 Å². The van der Waals surface area contributed by atoms with E-state index in [2.05, 4.69) is 15.8 Å². The summed E-state index contributed by atoms with van der Waals surface area (Å²) in [6.07, 6.45) is 2.07. The highest BCUT2D eigenvalue weighted by Gasteiger charge is 2.32. The fourth-order valence-corrected chi connectivity index (χ4v) is 4.18. The molecule has 182 valence electrons. The highest BCUT2D eigenvalue weighted by atomic mass is 32.2. The summed E-state index contributed by atoms with van der Waals surface area (Å²) < 4.78 is 37.4. The van der Waals surface area contributed by atoms with Gasteiger partial charge in [-0.1, -0.05) is 24.3 Å². The summed E-state index contributed by atoms with van der Waals surface area (Å²) in [5.41, 5.74) is 5.28. The van der Waals surface area contributed by atoms with Crippen molar-refractivity contribution in [1.82, 2.24) is 10.3 Å². The number of amides is 2. The van der Waals surface area contributed by atoms with E-state index in [9.17, 15) is 18.2 Å². The Morgan fingerprint density at radius 2 is 2.06 bits per heavy atom. The molecule has 2 heterocycles. The third kappa shape index (κ3) is 6.40. The van der Waals surface area contributed by atoms with Gasteiger partial charge in [0.25, 0.3) is 0 Å². The second-order valence-corrected chi connectivity index (χ2v) is 8.85. The smallest absolute Gasteiger partial charge is 0.414 e. The number of benzene rings is 2. The first-order valence-corrected chi connectivity index (χ1v) is 12.0. The predicted molar refractivity (Wildman–Crippen MR) is 129 cm³/mol. The molecule has 0 bridgehead atoms. The number of carbonyl (C=O) groups is 2. The average Bonchev–Trinajstić information content (AvgIpc) is 3.23. The molecule has 1 aliphatic rings. The molecule has 1 fully saturated rings. The zero-order valence-electron chi connectivity index (χ0n) is 18.8. The number of cyclic esters (lactones) is 1. The summed E-state index contributed by atoms with van der Waals surface area (Å²) in [5, 5.41) is 2.60. The van der Waals surface area contributed by atoms with Gasteiger partial charge in [0.15, 0.2) is 11.1 Å². The molecule has 11 heteroatoms. The molecule has 9 nitrogen and oxygen atoms in total. The first-order chi connectivity index (χ1) is 16.9. The number of hydrogen-bond acceptors (Lipinski definition) is 7. The van der Waals surface area contributed by atoms with Crippen molar-refractivity contribution in [3.8, 4) is 11.1 Å². The Kier molecular flexibility index (Phi) is 7.68. The molecule has 35 heavy (non-hydrogen) atoms. The van der Waals surface area contributed by atoms with Crippen molar-refractivity contribution < 1.29 is 27.2 Å². The standard InChI is InChI=1S/C24H23FN4O5S/c1-16(30)27-13-21-14-29(24(31)33-21)20-8-9-22(23(25)11-20)18-6-4-17(5-7-18)15-35(32)34-28-19-3-2-10-26-12-19/h2-12,21,28H,13-15H2,1H3,(H,27,30)/t21-,35?/m0/s1. The molecular weight excluding hydrogens is 475 g/mol. The van der Waals surface area contributed by atoms with E-state index in [4.69, 9.17) is 9.02 Å². The number of nitrogens with one attached hydrogen (secondary N) is 2. The van der Waals surface area contributed by atoms with Crippen LogP contribution in [0.25, 0.3) is 11.1 Å². The van der Waals surface area contributed by atoms with E-state index in [0.717, 1.165) is 5.56 Å². The molecule has 2 N–H and O–H groups in total. The lowest BCUT2D eigenvalue weighted by molar-refractivity contribution is -0.119. The molecule has 0 saturated carbocycles. The number of aromatic nitrogens is 1.